The van der Waals surface area contributed by atoms with Crippen LogP contribution in [-0.4, -0.2) is 39.9 Å². The van der Waals surface area contributed by atoms with Gasteiger partial charge >= 0.3 is 11.9 Å². The molecule has 1 unspecified atom stereocenters. The van der Waals surface area contributed by atoms with Gasteiger partial charge in [0.25, 0.3) is 0 Å². The number of aliphatic carboxylic acids is 1. The first-order valence-electron chi connectivity index (χ1n) is 6.23. The van der Waals surface area contributed by atoms with Crippen LogP contribution >= 0.6 is 15.9 Å². The molecule has 1 aromatic carbocycles. The number of Topliss-reactive ketones (excluding diaryl/α,β-unsaturated/α-hetero) is 1. The Balaban J connectivity index is 3.29. The van der Waals surface area contributed by atoms with Gasteiger partial charge in [-0.05, 0) is 13.0 Å². The monoisotopic (exact) mass is 358 g/mol. The minimum Gasteiger partial charge on any atom is -0.479 e. The van der Waals surface area contributed by atoms with Gasteiger partial charge in [0, 0.05) is 22.9 Å². The number of aliphatic hydroxyl groups excluding tert-OH is 1. The molecule has 0 amide bonds. The Bertz CT molecular complexity index is 554. The first kappa shape index (κ1) is 17.3. The molecule has 0 radical (unpaired) electrons. The standard InChI is InChI=1S/C14H15BrO6/c1-2-21-14(20)10-7-8(11(16)5-6-15)3-4-9(10)12(17)13(18)19/h3-4,7,12,17H,2,5-6H2,1H3,(H,18,19). The zero-order chi connectivity index (χ0) is 16.0. The van der Waals surface area contributed by atoms with E-state index in [0.717, 1.165) is 0 Å². The largest absolute Gasteiger partial charge is 0.479 e. The highest BCUT2D eigenvalue weighted by atomic mass is 79.9. The zero-order valence-corrected chi connectivity index (χ0v) is 12.9. The lowest BCUT2D eigenvalue weighted by Crippen LogP contribution is -2.17. The van der Waals surface area contributed by atoms with Gasteiger partial charge in [0.15, 0.2) is 11.9 Å². The van der Waals surface area contributed by atoms with Gasteiger partial charge in [0.2, 0.25) is 0 Å². The maximum Gasteiger partial charge on any atom is 0.338 e. The van der Waals surface area contributed by atoms with Crippen LogP contribution < -0.4 is 0 Å². The molecule has 0 spiro atoms. The molecule has 0 aliphatic carbocycles. The zero-order valence-electron chi connectivity index (χ0n) is 11.3. The maximum atomic E-state index is 11.9. The third kappa shape index (κ3) is 4.37. The van der Waals surface area contributed by atoms with Gasteiger partial charge in [-0.25, -0.2) is 9.59 Å². The van der Waals surface area contributed by atoms with Crippen LogP contribution in [0.4, 0.5) is 0 Å². The minimum absolute atomic E-state index is 0.0982. The molecule has 0 aromatic heterocycles. The number of hydrogen-bond donors (Lipinski definition) is 2. The summed E-state index contributed by atoms with van der Waals surface area (Å²) in [7, 11) is 0. The van der Waals surface area contributed by atoms with Crippen molar-refractivity contribution >= 4 is 33.7 Å². The Labute approximate surface area is 129 Å². The Morgan fingerprint density at radius 2 is 2.00 bits per heavy atom. The van der Waals surface area contributed by atoms with E-state index in [1.807, 2.05) is 0 Å². The summed E-state index contributed by atoms with van der Waals surface area (Å²) in [6.45, 7) is 1.70. The molecular formula is C14H15BrO6. The average molecular weight is 359 g/mol. The van der Waals surface area contributed by atoms with Crippen molar-refractivity contribution in [1.29, 1.82) is 0 Å². The van der Waals surface area contributed by atoms with Crippen molar-refractivity contribution < 1.29 is 29.3 Å². The van der Waals surface area contributed by atoms with Gasteiger partial charge in [0.05, 0.1) is 12.2 Å². The molecule has 0 aliphatic rings. The third-order valence-corrected chi connectivity index (χ3v) is 3.12. The highest BCUT2D eigenvalue weighted by molar-refractivity contribution is 9.09. The van der Waals surface area contributed by atoms with E-state index in [1.165, 1.54) is 18.2 Å². The van der Waals surface area contributed by atoms with E-state index in [0.29, 0.717) is 5.33 Å². The summed E-state index contributed by atoms with van der Waals surface area (Å²) in [5.74, 6) is -2.46. The Morgan fingerprint density at radius 3 is 2.52 bits per heavy atom. The molecule has 0 heterocycles. The van der Waals surface area contributed by atoms with E-state index in [1.54, 1.807) is 6.92 Å². The predicted molar refractivity (Wildman–Crippen MR) is 77.7 cm³/mol. The summed E-state index contributed by atoms with van der Waals surface area (Å²) in [5, 5.41) is 19.0. The lowest BCUT2D eigenvalue weighted by Gasteiger charge is -2.13. The number of esters is 1. The highest BCUT2D eigenvalue weighted by Gasteiger charge is 2.24. The number of hydrogen-bond acceptors (Lipinski definition) is 5. The fraction of sp³-hybridized carbons (Fsp3) is 0.357. The summed E-state index contributed by atoms with van der Waals surface area (Å²) in [4.78, 5) is 34.6. The molecule has 1 atom stereocenters. The SMILES string of the molecule is CCOC(=O)c1cc(C(=O)CCBr)ccc1C(O)C(=O)O. The molecule has 0 fully saturated rings. The number of halogens is 1. The lowest BCUT2D eigenvalue weighted by molar-refractivity contribution is -0.146. The fourth-order valence-corrected chi connectivity index (χ4v) is 2.08. The summed E-state index contributed by atoms with van der Waals surface area (Å²) < 4.78 is 4.83. The normalized spacial score (nSPS) is 11.8. The smallest absolute Gasteiger partial charge is 0.338 e. The van der Waals surface area contributed by atoms with Crippen molar-refractivity contribution in [2.45, 2.75) is 19.4 Å². The third-order valence-electron chi connectivity index (χ3n) is 2.72. The molecule has 0 saturated heterocycles. The number of aliphatic hydroxyl groups is 1. The van der Waals surface area contributed by atoms with Gasteiger partial charge in [-0.15, -0.1) is 0 Å². The summed E-state index contributed by atoms with van der Waals surface area (Å²) in [5.41, 5.74) is 0.0438. The molecule has 21 heavy (non-hydrogen) atoms. The number of benzene rings is 1. The number of carbonyl (C=O) groups is 3. The highest BCUT2D eigenvalue weighted by Crippen LogP contribution is 2.22. The van der Waals surface area contributed by atoms with Crippen molar-refractivity contribution in [3.63, 3.8) is 0 Å². The quantitative estimate of drug-likeness (QED) is 0.438. The molecule has 6 nitrogen and oxygen atoms in total. The number of rotatable bonds is 7. The van der Waals surface area contributed by atoms with Crippen LogP contribution in [-0.2, 0) is 9.53 Å². The second-order valence-corrected chi connectivity index (χ2v) is 4.92. The van der Waals surface area contributed by atoms with Crippen LogP contribution in [0.5, 0.6) is 0 Å². The van der Waals surface area contributed by atoms with Crippen molar-refractivity contribution in [2.24, 2.45) is 0 Å². The van der Waals surface area contributed by atoms with Crippen LogP contribution in [0.25, 0.3) is 0 Å². The second-order valence-electron chi connectivity index (χ2n) is 4.13. The van der Waals surface area contributed by atoms with E-state index in [4.69, 9.17) is 9.84 Å². The maximum absolute atomic E-state index is 11.9. The van der Waals surface area contributed by atoms with Crippen molar-refractivity contribution in [2.75, 3.05) is 11.9 Å². The summed E-state index contributed by atoms with van der Waals surface area (Å²) in [6.07, 6.45) is -1.62. The van der Waals surface area contributed by atoms with E-state index < -0.39 is 18.0 Å². The van der Waals surface area contributed by atoms with Crippen LogP contribution in [0.1, 0.15) is 45.7 Å². The van der Waals surface area contributed by atoms with E-state index >= 15 is 0 Å². The van der Waals surface area contributed by atoms with Crippen molar-refractivity contribution in [1.82, 2.24) is 0 Å². The van der Waals surface area contributed by atoms with Crippen LogP contribution in [0, 0.1) is 0 Å². The number of carboxylic acids is 1. The van der Waals surface area contributed by atoms with E-state index in [9.17, 15) is 19.5 Å². The molecule has 0 saturated carbocycles. The number of ketones is 1. The molecule has 0 bridgehead atoms. The first-order valence-corrected chi connectivity index (χ1v) is 7.35. The average Bonchev–Trinajstić information content (AvgIpc) is 2.46. The second kappa shape index (κ2) is 7.90. The Kier molecular flexibility index (Phi) is 6.51. The van der Waals surface area contributed by atoms with E-state index in [2.05, 4.69) is 15.9 Å². The molecule has 2 N–H and O–H groups in total. The molecule has 7 heteroatoms. The molecule has 114 valence electrons. The summed E-state index contributed by atoms with van der Waals surface area (Å²) >= 11 is 3.15. The van der Waals surface area contributed by atoms with Gasteiger partial charge in [-0.3, -0.25) is 4.79 Å². The van der Waals surface area contributed by atoms with Crippen LogP contribution in [0.2, 0.25) is 0 Å². The Morgan fingerprint density at radius 1 is 1.33 bits per heavy atom. The summed E-state index contributed by atoms with van der Waals surface area (Å²) in [6, 6.07) is 3.90. The number of ether oxygens (including phenoxy) is 1. The molecule has 1 rings (SSSR count). The minimum atomic E-state index is -1.86. The van der Waals surface area contributed by atoms with Crippen LogP contribution in [0.15, 0.2) is 18.2 Å². The molecular weight excluding hydrogens is 344 g/mol. The van der Waals surface area contributed by atoms with Crippen molar-refractivity contribution in [3.05, 3.63) is 34.9 Å². The van der Waals surface area contributed by atoms with Gasteiger partial charge in [-0.1, -0.05) is 28.1 Å². The number of alkyl halides is 1. The van der Waals surface area contributed by atoms with Gasteiger partial charge in [0.1, 0.15) is 0 Å². The number of carboxylic acid groups (broad SMARTS) is 1. The first-order chi connectivity index (χ1) is 9.92. The lowest BCUT2D eigenvalue weighted by atomic mass is 9.97. The fourth-order valence-electron chi connectivity index (χ4n) is 1.72. The van der Waals surface area contributed by atoms with Gasteiger partial charge < -0.3 is 14.9 Å². The number of carbonyl (C=O) groups excluding carboxylic acids is 2. The predicted octanol–water partition coefficient (Wildman–Crippen LogP) is 1.95. The van der Waals surface area contributed by atoms with Gasteiger partial charge in [-0.2, -0.15) is 0 Å². The van der Waals surface area contributed by atoms with E-state index in [-0.39, 0.29) is 35.5 Å². The Hall–Kier alpha value is -1.73. The van der Waals surface area contributed by atoms with Crippen LogP contribution in [0.3, 0.4) is 0 Å². The molecule has 0 aliphatic heterocycles. The molecule has 1 aromatic rings. The van der Waals surface area contributed by atoms with Crippen molar-refractivity contribution in [3.8, 4) is 0 Å². The topological polar surface area (TPSA) is 101 Å².